The van der Waals surface area contributed by atoms with Crippen molar-refractivity contribution in [3.05, 3.63) is 27.3 Å². The van der Waals surface area contributed by atoms with Gasteiger partial charge in [-0.3, -0.25) is 0 Å². The van der Waals surface area contributed by atoms with E-state index in [0.29, 0.717) is 4.90 Å². The highest BCUT2D eigenvalue weighted by molar-refractivity contribution is 14.1. The maximum atomic E-state index is 11.4. The molecule has 1 aromatic rings. The second kappa shape index (κ2) is 4.64. The minimum absolute atomic E-state index is 0.423. The molecule has 0 amide bonds. The molecule has 0 aromatic heterocycles. The molecular weight excluding hydrogens is 335 g/mol. The Kier molecular flexibility index (Phi) is 3.59. The lowest BCUT2D eigenvalue weighted by Gasteiger charge is -2.06. The molecule has 4 heteroatoms. The van der Waals surface area contributed by atoms with E-state index >= 15 is 0 Å². The Bertz CT molecular complexity index is 490. The number of benzene rings is 1. The standard InChI is InChI=1S/C12H15IO2S/c1-16(14,15)11-7-6-10(12(13)8-11)5-4-9-2-3-9/h6-9H,2-5H2,1H3. The number of hydrogen-bond donors (Lipinski definition) is 0. The number of hydrogen-bond acceptors (Lipinski definition) is 2. The smallest absolute Gasteiger partial charge is 0.175 e. The molecule has 1 saturated carbocycles. The first-order chi connectivity index (χ1) is 7.47. The summed E-state index contributed by atoms with van der Waals surface area (Å²) in [6.45, 7) is 0. The van der Waals surface area contributed by atoms with Gasteiger partial charge in [-0.25, -0.2) is 8.42 Å². The summed E-state index contributed by atoms with van der Waals surface area (Å²) in [4.78, 5) is 0.423. The van der Waals surface area contributed by atoms with Crippen LogP contribution in [0.1, 0.15) is 24.8 Å². The van der Waals surface area contributed by atoms with Crippen LogP contribution in [0.2, 0.25) is 0 Å². The van der Waals surface area contributed by atoms with Crippen LogP contribution in [0.25, 0.3) is 0 Å². The van der Waals surface area contributed by atoms with Gasteiger partial charge in [-0.15, -0.1) is 0 Å². The molecule has 0 aliphatic heterocycles. The largest absolute Gasteiger partial charge is 0.224 e. The molecule has 0 saturated heterocycles. The lowest BCUT2D eigenvalue weighted by molar-refractivity contribution is 0.601. The third kappa shape index (κ3) is 3.20. The van der Waals surface area contributed by atoms with Gasteiger partial charge in [-0.2, -0.15) is 0 Å². The zero-order chi connectivity index (χ0) is 11.8. The molecule has 1 fully saturated rings. The average molecular weight is 350 g/mol. The molecule has 2 rings (SSSR count). The van der Waals surface area contributed by atoms with Crippen LogP contribution in [0.4, 0.5) is 0 Å². The van der Waals surface area contributed by atoms with Crippen LogP contribution >= 0.6 is 22.6 Å². The van der Waals surface area contributed by atoms with E-state index < -0.39 is 9.84 Å². The minimum Gasteiger partial charge on any atom is -0.224 e. The summed E-state index contributed by atoms with van der Waals surface area (Å²) in [5, 5.41) is 0. The Labute approximate surface area is 111 Å². The van der Waals surface area contributed by atoms with Gasteiger partial charge in [0, 0.05) is 9.83 Å². The van der Waals surface area contributed by atoms with Crippen molar-refractivity contribution in [2.24, 2.45) is 5.92 Å². The number of aryl methyl sites for hydroxylation is 1. The van der Waals surface area contributed by atoms with E-state index in [1.54, 1.807) is 12.1 Å². The van der Waals surface area contributed by atoms with E-state index in [1.807, 2.05) is 6.07 Å². The fraction of sp³-hybridized carbons (Fsp3) is 0.500. The lowest BCUT2D eigenvalue weighted by atomic mass is 10.1. The van der Waals surface area contributed by atoms with Crippen LogP contribution < -0.4 is 0 Å². The van der Waals surface area contributed by atoms with Crippen molar-refractivity contribution >= 4 is 32.4 Å². The van der Waals surface area contributed by atoms with Crippen molar-refractivity contribution in [1.82, 2.24) is 0 Å². The van der Waals surface area contributed by atoms with E-state index in [9.17, 15) is 8.42 Å². The van der Waals surface area contributed by atoms with Gasteiger partial charge in [0.15, 0.2) is 9.84 Å². The van der Waals surface area contributed by atoms with E-state index in [0.717, 1.165) is 15.9 Å². The third-order valence-electron chi connectivity index (χ3n) is 2.97. The highest BCUT2D eigenvalue weighted by Gasteiger charge is 2.21. The molecule has 0 radical (unpaired) electrons. The van der Waals surface area contributed by atoms with Crippen LogP contribution in [0.15, 0.2) is 23.1 Å². The number of halogens is 1. The monoisotopic (exact) mass is 350 g/mol. The van der Waals surface area contributed by atoms with Crippen LogP contribution in [0.5, 0.6) is 0 Å². The molecule has 1 aliphatic carbocycles. The molecule has 16 heavy (non-hydrogen) atoms. The zero-order valence-electron chi connectivity index (χ0n) is 9.24. The van der Waals surface area contributed by atoms with Crippen molar-refractivity contribution in [2.75, 3.05) is 6.26 Å². The Morgan fingerprint density at radius 1 is 1.38 bits per heavy atom. The van der Waals surface area contributed by atoms with Gasteiger partial charge in [0.2, 0.25) is 0 Å². The predicted octanol–water partition coefficient (Wildman–Crippen LogP) is 3.04. The molecule has 0 atom stereocenters. The highest BCUT2D eigenvalue weighted by atomic mass is 127. The first-order valence-electron chi connectivity index (χ1n) is 5.45. The summed E-state index contributed by atoms with van der Waals surface area (Å²) in [6, 6.07) is 5.46. The fourth-order valence-electron chi connectivity index (χ4n) is 1.73. The first kappa shape index (κ1) is 12.4. The average Bonchev–Trinajstić information content (AvgIpc) is 2.98. The molecule has 1 aliphatic rings. The van der Waals surface area contributed by atoms with Crippen molar-refractivity contribution in [1.29, 1.82) is 0 Å². The Balaban J connectivity index is 2.15. The van der Waals surface area contributed by atoms with Gasteiger partial charge in [-0.05, 0) is 59.0 Å². The maximum Gasteiger partial charge on any atom is 0.175 e. The van der Waals surface area contributed by atoms with Crippen molar-refractivity contribution in [3.63, 3.8) is 0 Å². The van der Waals surface area contributed by atoms with Gasteiger partial charge in [-0.1, -0.05) is 18.9 Å². The van der Waals surface area contributed by atoms with E-state index in [-0.39, 0.29) is 0 Å². The van der Waals surface area contributed by atoms with Crippen LogP contribution in [0.3, 0.4) is 0 Å². The second-order valence-corrected chi connectivity index (χ2v) is 7.69. The van der Waals surface area contributed by atoms with Gasteiger partial charge < -0.3 is 0 Å². The lowest BCUT2D eigenvalue weighted by Crippen LogP contribution is -1.99. The van der Waals surface area contributed by atoms with E-state index in [2.05, 4.69) is 22.6 Å². The van der Waals surface area contributed by atoms with Crippen molar-refractivity contribution in [3.8, 4) is 0 Å². The predicted molar refractivity (Wildman–Crippen MR) is 73.3 cm³/mol. The van der Waals surface area contributed by atoms with Gasteiger partial charge in [0.05, 0.1) is 4.90 Å². The molecule has 2 nitrogen and oxygen atoms in total. The molecule has 88 valence electrons. The number of rotatable bonds is 4. The summed E-state index contributed by atoms with van der Waals surface area (Å²) >= 11 is 2.23. The molecule has 0 heterocycles. The van der Waals surface area contributed by atoms with Crippen molar-refractivity contribution in [2.45, 2.75) is 30.6 Å². The molecular formula is C12H15IO2S. The highest BCUT2D eigenvalue weighted by Crippen LogP contribution is 2.34. The quantitative estimate of drug-likeness (QED) is 0.783. The fourth-order valence-corrected chi connectivity index (χ4v) is 3.37. The van der Waals surface area contributed by atoms with Gasteiger partial charge in [0.25, 0.3) is 0 Å². The van der Waals surface area contributed by atoms with Crippen molar-refractivity contribution < 1.29 is 8.42 Å². The summed E-state index contributed by atoms with van der Waals surface area (Å²) < 4.78 is 23.8. The Hall–Kier alpha value is -0.100. The first-order valence-corrected chi connectivity index (χ1v) is 8.42. The van der Waals surface area contributed by atoms with E-state index in [1.165, 1.54) is 31.1 Å². The second-order valence-electron chi connectivity index (χ2n) is 4.51. The molecule has 0 spiro atoms. The van der Waals surface area contributed by atoms with Crippen LogP contribution in [0, 0.1) is 9.49 Å². The summed E-state index contributed by atoms with van der Waals surface area (Å²) in [7, 11) is -3.07. The topological polar surface area (TPSA) is 34.1 Å². The Morgan fingerprint density at radius 3 is 2.56 bits per heavy atom. The molecule has 1 aromatic carbocycles. The van der Waals surface area contributed by atoms with Gasteiger partial charge in [0.1, 0.15) is 0 Å². The SMILES string of the molecule is CS(=O)(=O)c1ccc(CCC2CC2)c(I)c1. The molecule has 0 unspecified atom stereocenters. The molecule has 0 N–H and O–H groups in total. The normalized spacial score (nSPS) is 16.4. The summed E-state index contributed by atoms with van der Waals surface area (Å²) in [5.41, 5.74) is 1.28. The maximum absolute atomic E-state index is 11.4. The number of sulfone groups is 1. The summed E-state index contributed by atoms with van der Waals surface area (Å²) in [6.07, 6.45) is 6.32. The third-order valence-corrected chi connectivity index (χ3v) is 5.09. The van der Waals surface area contributed by atoms with Crippen LogP contribution in [-0.2, 0) is 16.3 Å². The van der Waals surface area contributed by atoms with E-state index in [4.69, 9.17) is 0 Å². The minimum atomic E-state index is -3.07. The van der Waals surface area contributed by atoms with Crippen LogP contribution in [-0.4, -0.2) is 14.7 Å². The Morgan fingerprint density at radius 2 is 2.06 bits per heavy atom. The molecule has 0 bridgehead atoms. The summed E-state index contributed by atoms with van der Waals surface area (Å²) in [5.74, 6) is 0.922. The van der Waals surface area contributed by atoms with Gasteiger partial charge >= 0.3 is 0 Å². The zero-order valence-corrected chi connectivity index (χ0v) is 12.2.